The van der Waals surface area contributed by atoms with Crippen molar-refractivity contribution in [2.75, 3.05) is 6.61 Å². The van der Waals surface area contributed by atoms with Crippen LogP contribution in [0.25, 0.3) is 11.0 Å². The third-order valence-electron chi connectivity index (χ3n) is 6.06. The van der Waals surface area contributed by atoms with Crippen LogP contribution < -0.4 is 0 Å². The number of aryl methyl sites for hydroxylation is 3. The molecule has 2 aromatic heterocycles. The Bertz CT molecular complexity index is 1440. The molecular weight excluding hydrogens is 444 g/mol. The summed E-state index contributed by atoms with van der Waals surface area (Å²) in [7, 11) is 0. The van der Waals surface area contributed by atoms with Gasteiger partial charge in [-0.1, -0.05) is 29.8 Å². The molecule has 0 fully saturated rings. The largest absolute Gasteiger partial charge is 0.467 e. The molecule has 1 aliphatic rings. The zero-order valence-electron chi connectivity index (χ0n) is 19.7. The first-order valence-electron chi connectivity index (χ1n) is 11.3. The van der Waals surface area contributed by atoms with Crippen LogP contribution in [0.3, 0.4) is 0 Å². The Kier molecular flexibility index (Phi) is 5.86. The number of carbonyl (C=O) groups is 2. The van der Waals surface area contributed by atoms with E-state index in [0.29, 0.717) is 28.8 Å². The molecular formula is C27H24N4O4. The first-order chi connectivity index (χ1) is 16.9. The number of hydrogen-bond donors (Lipinski definition) is 0. The fourth-order valence-corrected chi connectivity index (χ4v) is 4.00. The summed E-state index contributed by atoms with van der Waals surface area (Å²) >= 11 is 0. The van der Waals surface area contributed by atoms with Gasteiger partial charge in [0.15, 0.2) is 6.61 Å². The van der Waals surface area contributed by atoms with Gasteiger partial charge in [-0.15, -0.1) is 0 Å². The van der Waals surface area contributed by atoms with Gasteiger partial charge < -0.3 is 9.15 Å². The molecule has 5 rings (SSSR count). The third-order valence-corrected chi connectivity index (χ3v) is 6.06. The van der Waals surface area contributed by atoms with Crippen molar-refractivity contribution in [1.29, 1.82) is 0 Å². The molecule has 0 N–H and O–H groups in total. The van der Waals surface area contributed by atoms with Crippen LogP contribution in [0.2, 0.25) is 0 Å². The second kappa shape index (κ2) is 9.13. The Hall–Kier alpha value is -4.33. The van der Waals surface area contributed by atoms with E-state index in [1.807, 2.05) is 51.1 Å². The fourth-order valence-electron chi connectivity index (χ4n) is 4.00. The highest BCUT2D eigenvalue weighted by Gasteiger charge is 2.35. The quantitative estimate of drug-likeness (QED) is 0.395. The molecule has 0 bridgehead atoms. The van der Waals surface area contributed by atoms with Crippen LogP contribution in [0.4, 0.5) is 0 Å². The van der Waals surface area contributed by atoms with E-state index in [1.165, 1.54) is 5.01 Å². The zero-order chi connectivity index (χ0) is 24.5. The first kappa shape index (κ1) is 22.5. The summed E-state index contributed by atoms with van der Waals surface area (Å²) in [5, 5.41) is 5.91. The van der Waals surface area contributed by atoms with E-state index >= 15 is 0 Å². The molecule has 1 atom stereocenters. The maximum Gasteiger partial charge on any atom is 0.338 e. The second-order valence-electron chi connectivity index (χ2n) is 8.56. The van der Waals surface area contributed by atoms with Gasteiger partial charge >= 0.3 is 5.97 Å². The van der Waals surface area contributed by atoms with Crippen molar-refractivity contribution in [3.63, 3.8) is 0 Å². The summed E-state index contributed by atoms with van der Waals surface area (Å²) in [6, 6.07) is 16.1. The normalized spacial score (nSPS) is 15.3. The molecule has 0 spiro atoms. The number of rotatable bonds is 5. The van der Waals surface area contributed by atoms with Crippen LogP contribution in [0.5, 0.6) is 0 Å². The monoisotopic (exact) mass is 468 g/mol. The third kappa shape index (κ3) is 4.55. The number of ether oxygens (including phenoxy) is 1. The summed E-state index contributed by atoms with van der Waals surface area (Å²) in [5.74, 6) is -0.431. The van der Waals surface area contributed by atoms with Gasteiger partial charge in [0, 0.05) is 6.42 Å². The van der Waals surface area contributed by atoms with Crippen LogP contribution in [-0.2, 0) is 9.53 Å². The number of esters is 1. The summed E-state index contributed by atoms with van der Waals surface area (Å²) in [6.07, 6.45) is 2.06. The average molecular weight is 469 g/mol. The average Bonchev–Trinajstić information content (AvgIpc) is 3.53. The van der Waals surface area contributed by atoms with Gasteiger partial charge in [-0.25, -0.2) is 19.8 Å². The highest BCUT2D eigenvalue weighted by molar-refractivity contribution is 6.03. The number of furan rings is 1. The van der Waals surface area contributed by atoms with Gasteiger partial charge in [0.05, 0.1) is 40.0 Å². The van der Waals surface area contributed by atoms with Gasteiger partial charge in [0.2, 0.25) is 0 Å². The maximum atomic E-state index is 13.1. The molecule has 0 unspecified atom stereocenters. The van der Waals surface area contributed by atoms with Crippen molar-refractivity contribution >= 4 is 28.6 Å². The van der Waals surface area contributed by atoms with Crippen LogP contribution in [0, 0.1) is 20.8 Å². The number of carbonyl (C=O) groups excluding carboxylic acids is 2. The van der Waals surface area contributed by atoms with E-state index in [-0.39, 0.29) is 0 Å². The minimum Gasteiger partial charge on any atom is -0.467 e. The van der Waals surface area contributed by atoms with Crippen molar-refractivity contribution in [2.24, 2.45) is 5.10 Å². The van der Waals surface area contributed by atoms with E-state index in [1.54, 1.807) is 30.5 Å². The Morgan fingerprint density at radius 2 is 1.74 bits per heavy atom. The minimum atomic E-state index is -0.614. The first-order valence-corrected chi connectivity index (χ1v) is 11.3. The molecule has 0 radical (unpaired) electrons. The molecule has 0 saturated heterocycles. The topological polar surface area (TPSA) is 97.9 Å². The van der Waals surface area contributed by atoms with Gasteiger partial charge in [0.1, 0.15) is 11.8 Å². The predicted octanol–water partition coefficient (Wildman–Crippen LogP) is 4.68. The highest BCUT2D eigenvalue weighted by Crippen LogP contribution is 2.33. The molecule has 0 saturated carbocycles. The number of hydrogen-bond acceptors (Lipinski definition) is 7. The molecule has 176 valence electrons. The van der Waals surface area contributed by atoms with Crippen molar-refractivity contribution < 1.29 is 18.7 Å². The molecule has 1 amide bonds. The van der Waals surface area contributed by atoms with Crippen molar-refractivity contribution in [2.45, 2.75) is 33.2 Å². The van der Waals surface area contributed by atoms with Crippen LogP contribution >= 0.6 is 0 Å². The molecule has 2 aromatic carbocycles. The van der Waals surface area contributed by atoms with E-state index in [4.69, 9.17) is 9.15 Å². The molecule has 8 heteroatoms. The lowest BCUT2D eigenvalue weighted by atomic mass is 10.0. The Morgan fingerprint density at radius 1 is 1.00 bits per heavy atom. The lowest BCUT2D eigenvalue weighted by molar-refractivity contribution is -0.136. The SMILES string of the molecule is Cc1ccc(C2=NN(C(=O)COC(=O)c3ccc4nc(C)c(C)nc4c3)[C@@H](c3ccco3)C2)cc1. The zero-order valence-corrected chi connectivity index (χ0v) is 19.7. The highest BCUT2D eigenvalue weighted by atomic mass is 16.5. The van der Waals surface area contributed by atoms with Crippen LogP contribution in [0.15, 0.2) is 70.4 Å². The lowest BCUT2D eigenvalue weighted by Gasteiger charge is -2.19. The lowest BCUT2D eigenvalue weighted by Crippen LogP contribution is -2.31. The molecule has 4 aromatic rings. The number of aromatic nitrogens is 2. The van der Waals surface area contributed by atoms with Gasteiger partial charge in [-0.05, 0) is 56.7 Å². The number of fused-ring (bicyclic) bond motifs is 1. The number of benzene rings is 2. The van der Waals surface area contributed by atoms with Crippen molar-refractivity contribution in [3.05, 3.63) is 94.7 Å². The molecule has 1 aliphatic heterocycles. The summed E-state index contributed by atoms with van der Waals surface area (Å²) in [6.45, 7) is 5.32. The standard InChI is InChI=1S/C27H24N4O4/c1-16-6-8-19(9-7-16)22-14-24(25-5-4-12-34-25)31(30-22)26(32)15-35-27(33)20-10-11-21-23(13-20)29-18(3)17(2)28-21/h4-13,24H,14-15H2,1-3H3/t24-/m1/s1. The summed E-state index contributed by atoms with van der Waals surface area (Å²) < 4.78 is 10.9. The van der Waals surface area contributed by atoms with Crippen molar-refractivity contribution in [1.82, 2.24) is 15.0 Å². The van der Waals surface area contributed by atoms with E-state index in [0.717, 1.165) is 28.2 Å². The second-order valence-corrected chi connectivity index (χ2v) is 8.56. The van der Waals surface area contributed by atoms with Gasteiger partial charge in [-0.2, -0.15) is 5.10 Å². The molecule has 0 aliphatic carbocycles. The summed E-state index contributed by atoms with van der Waals surface area (Å²) in [4.78, 5) is 34.7. The fraction of sp³-hybridized carbons (Fsp3) is 0.222. The van der Waals surface area contributed by atoms with Crippen LogP contribution in [0.1, 0.15) is 51.1 Å². The Morgan fingerprint density at radius 3 is 2.46 bits per heavy atom. The van der Waals surface area contributed by atoms with E-state index in [2.05, 4.69) is 15.1 Å². The van der Waals surface area contributed by atoms with Crippen molar-refractivity contribution in [3.8, 4) is 0 Å². The smallest absolute Gasteiger partial charge is 0.338 e. The molecule has 8 nitrogen and oxygen atoms in total. The predicted molar refractivity (Wildman–Crippen MR) is 130 cm³/mol. The minimum absolute atomic E-state index is 0.302. The maximum absolute atomic E-state index is 13.1. The Balaban J connectivity index is 1.33. The van der Waals surface area contributed by atoms with Gasteiger partial charge in [0.25, 0.3) is 5.91 Å². The van der Waals surface area contributed by atoms with Gasteiger partial charge in [-0.3, -0.25) is 4.79 Å². The molecule has 3 heterocycles. The van der Waals surface area contributed by atoms with E-state index in [9.17, 15) is 9.59 Å². The number of nitrogens with zero attached hydrogens (tertiary/aromatic N) is 4. The van der Waals surface area contributed by atoms with Crippen LogP contribution in [-0.4, -0.2) is 39.2 Å². The number of hydrazone groups is 1. The Labute approximate surface area is 202 Å². The summed E-state index contributed by atoms with van der Waals surface area (Å²) in [5.41, 5.74) is 6.05. The van der Waals surface area contributed by atoms with E-state index < -0.39 is 24.5 Å². The number of amides is 1. The molecule has 35 heavy (non-hydrogen) atoms.